The number of thiol groups is 1. The third kappa shape index (κ3) is 10.9. The number of ether oxygens (including phenoxy) is 1. The largest absolute Gasteiger partial charge is 0.379 e. The van der Waals surface area contributed by atoms with Crippen molar-refractivity contribution in [2.24, 2.45) is 0 Å². The van der Waals surface area contributed by atoms with Crippen molar-refractivity contribution < 1.29 is 17.9 Å². The molecule has 0 aromatic carbocycles. The van der Waals surface area contributed by atoms with Crippen molar-refractivity contribution in [3.05, 3.63) is 30.1 Å². The van der Waals surface area contributed by atoms with Gasteiger partial charge in [-0.2, -0.15) is 4.31 Å². The fraction of sp³-hybridized carbons (Fsp3) is 0.778. The number of rotatable bonds is 16. The van der Waals surface area contributed by atoms with Gasteiger partial charge in [0.05, 0.1) is 13.2 Å². The first kappa shape index (κ1) is 29.8. The predicted molar refractivity (Wildman–Crippen MR) is 147 cm³/mol. The second kappa shape index (κ2) is 17.0. The molecule has 1 saturated carbocycles. The average Bonchev–Trinajstić information content (AvgIpc) is 2.93. The molecule has 1 aliphatic heterocycles. The lowest BCUT2D eigenvalue weighted by atomic mass is 9.78. The van der Waals surface area contributed by atoms with Gasteiger partial charge < -0.3 is 15.4 Å². The average molecular weight is 538 g/mol. The molecule has 2 amide bonds. The predicted octanol–water partition coefficient (Wildman–Crippen LogP) is 3.48. The molecule has 9 nitrogen and oxygen atoms in total. The van der Waals surface area contributed by atoms with Gasteiger partial charge in [-0.1, -0.05) is 51.0 Å². The van der Waals surface area contributed by atoms with Crippen LogP contribution in [0.2, 0.25) is 0 Å². The van der Waals surface area contributed by atoms with E-state index in [1.165, 1.54) is 6.42 Å². The third-order valence-corrected chi connectivity index (χ3v) is 8.78. The van der Waals surface area contributed by atoms with Crippen molar-refractivity contribution >= 4 is 16.9 Å². The lowest BCUT2D eigenvalue weighted by molar-refractivity contribution is 0.0348. The first-order valence-electron chi connectivity index (χ1n) is 14.2. The quantitative estimate of drug-likeness (QED) is 0.220. The number of urea groups is 1. The van der Waals surface area contributed by atoms with Crippen molar-refractivity contribution in [2.45, 2.75) is 89.1 Å². The zero-order valence-electron chi connectivity index (χ0n) is 22.4. The van der Waals surface area contributed by atoms with Crippen LogP contribution < -0.4 is 10.6 Å². The molecule has 1 saturated heterocycles. The van der Waals surface area contributed by atoms with Gasteiger partial charge in [0.25, 0.3) is 0 Å². The molecule has 1 aromatic rings. The molecule has 1 aliphatic carbocycles. The Bertz CT molecular complexity index is 834. The normalized spacial score (nSPS) is 18.2. The summed E-state index contributed by atoms with van der Waals surface area (Å²) in [5.41, 5.74) is 0.789. The molecule has 0 bridgehead atoms. The first-order chi connectivity index (χ1) is 18.1. The second-order valence-corrected chi connectivity index (χ2v) is 11.4. The van der Waals surface area contributed by atoms with E-state index >= 15 is 0 Å². The number of unbranched alkanes of at least 4 members (excludes halogenated alkanes) is 4. The fourth-order valence-corrected chi connectivity index (χ4v) is 6.62. The summed E-state index contributed by atoms with van der Waals surface area (Å²) in [6.45, 7) is 6.15. The standard InChI is InChI=1S/C27H47N5O4S/c33-26(30-24-25-11-9-15-28-23-25)29-16-8-3-1-2-5-12-27(13-6-4-7-14-27)32(37(34)35)18-10-17-31-19-21-36-22-20-31/h9,11,15,23,37H,1-8,10,12-14,16-22,24H2,(H2,29,30,33). The Morgan fingerprint density at radius 2 is 1.78 bits per heavy atom. The molecule has 10 heteroatoms. The molecule has 1 aromatic heterocycles. The van der Waals surface area contributed by atoms with Crippen LogP contribution in [0.3, 0.4) is 0 Å². The van der Waals surface area contributed by atoms with Crippen molar-refractivity contribution in [3.63, 3.8) is 0 Å². The van der Waals surface area contributed by atoms with E-state index in [4.69, 9.17) is 4.74 Å². The van der Waals surface area contributed by atoms with E-state index in [1.807, 2.05) is 16.4 Å². The highest BCUT2D eigenvalue weighted by Crippen LogP contribution is 2.38. The lowest BCUT2D eigenvalue weighted by Crippen LogP contribution is -2.50. The van der Waals surface area contributed by atoms with Crippen molar-refractivity contribution in [3.8, 4) is 0 Å². The van der Waals surface area contributed by atoms with Crippen LogP contribution in [0.4, 0.5) is 4.79 Å². The van der Waals surface area contributed by atoms with E-state index in [0.717, 1.165) is 109 Å². The minimum Gasteiger partial charge on any atom is -0.379 e. The summed E-state index contributed by atoms with van der Waals surface area (Å²) in [7, 11) is -2.58. The maximum Gasteiger partial charge on any atom is 0.315 e. The molecule has 0 atom stereocenters. The maximum absolute atomic E-state index is 12.4. The summed E-state index contributed by atoms with van der Waals surface area (Å²) in [6.07, 6.45) is 16.0. The van der Waals surface area contributed by atoms with Gasteiger partial charge in [-0.3, -0.25) is 9.88 Å². The number of amides is 2. The fourth-order valence-electron chi connectivity index (χ4n) is 5.67. The molecule has 210 valence electrons. The summed E-state index contributed by atoms with van der Waals surface area (Å²) in [5, 5.41) is 5.77. The molecule has 0 spiro atoms. The van der Waals surface area contributed by atoms with Crippen LogP contribution in [0, 0.1) is 0 Å². The number of carbonyl (C=O) groups is 1. The van der Waals surface area contributed by atoms with E-state index in [0.29, 0.717) is 19.6 Å². The Balaban J connectivity index is 1.31. The van der Waals surface area contributed by atoms with Crippen LogP contribution in [0.25, 0.3) is 0 Å². The van der Waals surface area contributed by atoms with E-state index in [1.54, 1.807) is 12.4 Å². The van der Waals surface area contributed by atoms with Crippen LogP contribution >= 0.6 is 0 Å². The SMILES string of the molecule is O=C(NCCCCCCCC1(N(CCCN2CCOCC2)[SH](=O)=O)CCCCC1)NCc1cccnc1. The van der Waals surface area contributed by atoms with Crippen LogP contribution in [-0.4, -0.2) is 80.1 Å². The number of morpholine rings is 1. The van der Waals surface area contributed by atoms with Crippen LogP contribution in [-0.2, 0) is 22.2 Å². The maximum atomic E-state index is 12.4. The Labute approximate surface area is 224 Å². The van der Waals surface area contributed by atoms with Gasteiger partial charge in [-0.15, -0.1) is 0 Å². The number of hydrogen-bond donors (Lipinski definition) is 3. The first-order valence-corrected chi connectivity index (χ1v) is 15.3. The van der Waals surface area contributed by atoms with Gasteiger partial charge in [0.1, 0.15) is 0 Å². The number of pyridine rings is 1. The molecule has 37 heavy (non-hydrogen) atoms. The molecule has 2 N–H and O–H groups in total. The number of aromatic nitrogens is 1. The van der Waals surface area contributed by atoms with Gasteiger partial charge in [0, 0.05) is 50.7 Å². The van der Waals surface area contributed by atoms with Crippen LogP contribution in [0.15, 0.2) is 24.5 Å². The van der Waals surface area contributed by atoms with E-state index < -0.39 is 10.9 Å². The zero-order valence-corrected chi connectivity index (χ0v) is 23.3. The van der Waals surface area contributed by atoms with E-state index in [2.05, 4.69) is 20.5 Å². The number of carbonyl (C=O) groups excluding carboxylic acids is 1. The summed E-state index contributed by atoms with van der Waals surface area (Å²) in [6, 6.07) is 3.64. The Morgan fingerprint density at radius 1 is 1.03 bits per heavy atom. The highest BCUT2D eigenvalue weighted by Gasteiger charge is 2.38. The minimum atomic E-state index is -2.58. The Morgan fingerprint density at radius 3 is 2.51 bits per heavy atom. The van der Waals surface area contributed by atoms with Crippen LogP contribution in [0.1, 0.15) is 82.6 Å². The van der Waals surface area contributed by atoms with Crippen LogP contribution in [0.5, 0.6) is 0 Å². The van der Waals surface area contributed by atoms with Gasteiger partial charge in [0.2, 0.25) is 10.9 Å². The molecular weight excluding hydrogens is 490 g/mol. The molecule has 2 heterocycles. The molecule has 2 aliphatic rings. The summed E-state index contributed by atoms with van der Waals surface area (Å²) < 4.78 is 32.0. The molecule has 0 radical (unpaired) electrons. The number of nitrogens with zero attached hydrogens (tertiary/aromatic N) is 3. The zero-order chi connectivity index (χ0) is 26.2. The van der Waals surface area contributed by atoms with Crippen molar-refractivity contribution in [2.75, 3.05) is 45.9 Å². The van der Waals surface area contributed by atoms with E-state index in [-0.39, 0.29) is 11.6 Å². The van der Waals surface area contributed by atoms with Gasteiger partial charge >= 0.3 is 6.03 Å². The Hall–Kier alpha value is -1.75. The third-order valence-electron chi connectivity index (χ3n) is 7.76. The summed E-state index contributed by atoms with van der Waals surface area (Å²) >= 11 is 0. The lowest BCUT2D eigenvalue weighted by Gasteiger charge is -2.44. The molecule has 3 rings (SSSR count). The monoisotopic (exact) mass is 537 g/mol. The van der Waals surface area contributed by atoms with Gasteiger partial charge in [-0.05, 0) is 50.3 Å². The van der Waals surface area contributed by atoms with Gasteiger partial charge in [0.15, 0.2) is 0 Å². The molecule has 0 unspecified atom stereocenters. The van der Waals surface area contributed by atoms with Crippen molar-refractivity contribution in [1.82, 2.24) is 24.8 Å². The van der Waals surface area contributed by atoms with Gasteiger partial charge in [-0.25, -0.2) is 13.2 Å². The highest BCUT2D eigenvalue weighted by molar-refractivity contribution is 7.69. The molecule has 2 fully saturated rings. The Kier molecular flexibility index (Phi) is 13.7. The summed E-state index contributed by atoms with van der Waals surface area (Å²) in [5.74, 6) is 0. The topological polar surface area (TPSA) is 104 Å². The minimum absolute atomic E-state index is 0.150. The van der Waals surface area contributed by atoms with Crippen molar-refractivity contribution in [1.29, 1.82) is 0 Å². The smallest absolute Gasteiger partial charge is 0.315 e. The number of nitrogens with one attached hydrogen (secondary N) is 2. The number of hydrogen-bond acceptors (Lipinski definition) is 6. The summed E-state index contributed by atoms with van der Waals surface area (Å²) in [4.78, 5) is 18.4. The second-order valence-electron chi connectivity index (χ2n) is 10.4. The highest BCUT2D eigenvalue weighted by atomic mass is 32.2. The molecular formula is C27H47N5O4S. The van der Waals surface area contributed by atoms with E-state index in [9.17, 15) is 13.2 Å².